The fourth-order valence-corrected chi connectivity index (χ4v) is 2.83. The predicted molar refractivity (Wildman–Crippen MR) is 107 cm³/mol. The zero-order valence-electron chi connectivity index (χ0n) is 14.9. The number of hydrazone groups is 1. The Morgan fingerprint density at radius 2 is 2.11 bits per heavy atom. The second-order valence-corrected chi connectivity index (χ2v) is 6.53. The first-order valence-corrected chi connectivity index (χ1v) is 9.27. The molecule has 0 aliphatic carbocycles. The molecule has 0 bridgehead atoms. The Balaban J connectivity index is 1.75. The van der Waals surface area contributed by atoms with Gasteiger partial charge in [0, 0.05) is 12.5 Å². The fraction of sp³-hybridized carbons (Fsp3) is 0.263. The number of rotatable bonds is 9. The lowest BCUT2D eigenvalue weighted by Gasteiger charge is -2.09. The molecular weight excluding hydrogens is 414 g/mol. The summed E-state index contributed by atoms with van der Waals surface area (Å²) in [5.41, 5.74) is 3.84. The number of nitro benzene ring substituents is 1. The van der Waals surface area contributed by atoms with E-state index < -0.39 is 4.92 Å². The van der Waals surface area contributed by atoms with Crippen molar-refractivity contribution in [1.29, 1.82) is 0 Å². The van der Waals surface area contributed by atoms with Crippen molar-refractivity contribution in [3.63, 3.8) is 0 Å². The Morgan fingerprint density at radius 3 is 2.81 bits per heavy atom. The van der Waals surface area contributed by atoms with Crippen molar-refractivity contribution in [3.05, 3.63) is 68.2 Å². The summed E-state index contributed by atoms with van der Waals surface area (Å²) in [5, 5.41) is 14.7. The van der Waals surface area contributed by atoms with Crippen molar-refractivity contribution in [1.82, 2.24) is 5.43 Å². The summed E-state index contributed by atoms with van der Waals surface area (Å²) in [6.45, 7) is 2.48. The molecule has 0 fully saturated rings. The highest BCUT2D eigenvalue weighted by molar-refractivity contribution is 9.10. The number of para-hydroxylation sites is 1. The molecule has 0 saturated carbocycles. The minimum Gasteiger partial charge on any atom is -0.492 e. The van der Waals surface area contributed by atoms with Gasteiger partial charge in [0.2, 0.25) is 5.91 Å². The van der Waals surface area contributed by atoms with E-state index in [4.69, 9.17) is 4.74 Å². The number of aryl methyl sites for hydroxylation is 1. The van der Waals surface area contributed by atoms with Crippen molar-refractivity contribution in [2.75, 3.05) is 6.61 Å². The van der Waals surface area contributed by atoms with Gasteiger partial charge in [0.15, 0.2) is 0 Å². The lowest BCUT2D eigenvalue weighted by atomic mass is 10.2. The van der Waals surface area contributed by atoms with Crippen molar-refractivity contribution in [3.8, 4) is 5.75 Å². The van der Waals surface area contributed by atoms with Crippen LogP contribution in [0, 0.1) is 10.1 Å². The van der Waals surface area contributed by atoms with E-state index in [0.29, 0.717) is 18.6 Å². The highest BCUT2D eigenvalue weighted by atomic mass is 79.9. The van der Waals surface area contributed by atoms with Gasteiger partial charge < -0.3 is 4.74 Å². The molecule has 8 heteroatoms. The van der Waals surface area contributed by atoms with Gasteiger partial charge in [-0.25, -0.2) is 5.43 Å². The monoisotopic (exact) mass is 433 g/mol. The zero-order chi connectivity index (χ0) is 19.6. The van der Waals surface area contributed by atoms with Gasteiger partial charge in [-0.15, -0.1) is 0 Å². The quantitative estimate of drug-likeness (QED) is 0.277. The summed E-state index contributed by atoms with van der Waals surface area (Å²) in [7, 11) is 0. The molecule has 1 amide bonds. The van der Waals surface area contributed by atoms with Crippen LogP contribution >= 0.6 is 15.9 Å². The molecule has 1 N–H and O–H groups in total. The number of halogens is 1. The normalized spacial score (nSPS) is 10.7. The van der Waals surface area contributed by atoms with Crippen LogP contribution in [-0.4, -0.2) is 23.7 Å². The van der Waals surface area contributed by atoms with E-state index in [1.54, 1.807) is 18.2 Å². The Labute approximate surface area is 165 Å². The van der Waals surface area contributed by atoms with E-state index in [1.165, 1.54) is 17.8 Å². The average Bonchev–Trinajstić information content (AvgIpc) is 2.66. The van der Waals surface area contributed by atoms with Gasteiger partial charge in [-0.05, 0) is 52.5 Å². The molecule has 0 unspecified atom stereocenters. The molecule has 0 aliphatic rings. The first-order valence-electron chi connectivity index (χ1n) is 8.47. The summed E-state index contributed by atoms with van der Waals surface area (Å²) < 4.78 is 6.55. The van der Waals surface area contributed by atoms with E-state index >= 15 is 0 Å². The maximum absolute atomic E-state index is 11.8. The summed E-state index contributed by atoms with van der Waals surface area (Å²) in [5.74, 6) is 0.454. The molecular formula is C19H20BrN3O4. The molecule has 0 aliphatic heterocycles. The molecule has 27 heavy (non-hydrogen) atoms. The van der Waals surface area contributed by atoms with E-state index in [-0.39, 0.29) is 18.0 Å². The van der Waals surface area contributed by atoms with E-state index in [2.05, 4.69) is 33.4 Å². The maximum Gasteiger partial charge on any atom is 0.278 e. The molecule has 0 atom stereocenters. The van der Waals surface area contributed by atoms with Gasteiger partial charge in [-0.3, -0.25) is 14.9 Å². The van der Waals surface area contributed by atoms with Gasteiger partial charge in [0.1, 0.15) is 5.75 Å². The molecule has 0 spiro atoms. The number of carbonyl (C=O) groups is 1. The molecule has 0 saturated heterocycles. The fourth-order valence-electron chi connectivity index (χ4n) is 2.29. The largest absolute Gasteiger partial charge is 0.492 e. The van der Waals surface area contributed by atoms with Crippen molar-refractivity contribution < 1.29 is 14.5 Å². The van der Waals surface area contributed by atoms with Crippen molar-refractivity contribution >= 4 is 33.7 Å². The Kier molecular flexibility index (Phi) is 7.94. The van der Waals surface area contributed by atoms with Crippen LogP contribution in [0.25, 0.3) is 0 Å². The molecule has 2 rings (SSSR count). The van der Waals surface area contributed by atoms with Gasteiger partial charge in [0.25, 0.3) is 5.69 Å². The number of hydrogen-bond acceptors (Lipinski definition) is 5. The highest BCUT2D eigenvalue weighted by Gasteiger charge is 2.10. The van der Waals surface area contributed by atoms with Crippen LogP contribution in [0.15, 0.2) is 52.0 Å². The number of carbonyl (C=O) groups excluding carboxylic acids is 1. The second-order valence-electron chi connectivity index (χ2n) is 5.68. The van der Waals surface area contributed by atoms with E-state index in [9.17, 15) is 14.9 Å². The lowest BCUT2D eigenvalue weighted by Crippen LogP contribution is -2.18. The smallest absolute Gasteiger partial charge is 0.278 e. The summed E-state index contributed by atoms with van der Waals surface area (Å²) in [6, 6.07) is 12.1. The lowest BCUT2D eigenvalue weighted by molar-refractivity contribution is -0.385. The van der Waals surface area contributed by atoms with Gasteiger partial charge >= 0.3 is 0 Å². The zero-order valence-corrected chi connectivity index (χ0v) is 16.4. The summed E-state index contributed by atoms with van der Waals surface area (Å²) in [4.78, 5) is 22.2. The highest BCUT2D eigenvalue weighted by Crippen LogP contribution is 2.26. The Bertz CT molecular complexity index is 839. The minimum absolute atomic E-state index is 0.0661. The molecule has 2 aromatic carbocycles. The van der Waals surface area contributed by atoms with Crippen LogP contribution in [0.3, 0.4) is 0 Å². The van der Waals surface area contributed by atoms with Crippen LogP contribution in [0.2, 0.25) is 0 Å². The molecule has 142 valence electrons. The third-order valence-electron chi connectivity index (χ3n) is 3.74. The van der Waals surface area contributed by atoms with Crippen LogP contribution in [0.1, 0.15) is 30.9 Å². The van der Waals surface area contributed by atoms with Crippen LogP contribution in [-0.2, 0) is 11.2 Å². The summed E-state index contributed by atoms with van der Waals surface area (Å²) >= 11 is 3.47. The van der Waals surface area contributed by atoms with Gasteiger partial charge in [-0.1, -0.05) is 25.1 Å². The average molecular weight is 434 g/mol. The maximum atomic E-state index is 11.8. The number of nitrogens with one attached hydrogen (secondary N) is 1. The first-order chi connectivity index (χ1) is 13.0. The Morgan fingerprint density at radius 1 is 1.33 bits per heavy atom. The SMILES string of the molecule is CCc1ccc(OCCCC(=O)N/N=C/c2ccccc2[N+](=O)[O-])c(Br)c1. The third kappa shape index (κ3) is 6.49. The van der Waals surface area contributed by atoms with E-state index in [0.717, 1.165) is 16.6 Å². The number of benzene rings is 2. The summed E-state index contributed by atoms with van der Waals surface area (Å²) in [6.07, 6.45) is 2.97. The van der Waals surface area contributed by atoms with Crippen LogP contribution in [0.5, 0.6) is 5.75 Å². The van der Waals surface area contributed by atoms with Crippen LogP contribution < -0.4 is 10.2 Å². The molecule has 7 nitrogen and oxygen atoms in total. The van der Waals surface area contributed by atoms with Gasteiger partial charge in [0.05, 0.1) is 27.8 Å². The number of ether oxygens (including phenoxy) is 1. The second kappa shape index (κ2) is 10.4. The number of nitrogens with zero attached hydrogens (tertiary/aromatic N) is 2. The van der Waals surface area contributed by atoms with Crippen molar-refractivity contribution in [2.45, 2.75) is 26.2 Å². The molecule has 0 aromatic heterocycles. The molecule has 0 heterocycles. The number of amides is 1. The van der Waals surface area contributed by atoms with Crippen molar-refractivity contribution in [2.24, 2.45) is 5.10 Å². The standard InChI is InChI=1S/C19H20BrN3O4/c1-2-14-9-10-18(16(20)12-14)27-11-5-8-19(24)22-21-13-15-6-3-4-7-17(15)23(25)26/h3-4,6-7,9-10,12-13H,2,5,8,11H2,1H3,(H,22,24)/b21-13+. The minimum atomic E-state index is -0.494. The first kappa shape index (κ1) is 20.6. The third-order valence-corrected chi connectivity index (χ3v) is 4.36. The Hall–Kier alpha value is -2.74. The predicted octanol–water partition coefficient (Wildman–Crippen LogP) is 4.23. The van der Waals surface area contributed by atoms with Gasteiger partial charge in [-0.2, -0.15) is 5.10 Å². The van der Waals surface area contributed by atoms with E-state index in [1.807, 2.05) is 18.2 Å². The molecule has 2 aromatic rings. The number of nitro groups is 1. The topological polar surface area (TPSA) is 93.8 Å². The molecule has 0 radical (unpaired) electrons. The van der Waals surface area contributed by atoms with Crippen LogP contribution in [0.4, 0.5) is 5.69 Å². The number of hydrogen-bond donors (Lipinski definition) is 1.